The largest absolute Gasteiger partial charge is 0.478 e. The van der Waals surface area contributed by atoms with Gasteiger partial charge in [-0.1, -0.05) is 29.3 Å². The molecule has 1 heterocycles. The molecule has 5 rings (SSSR count). The molecule has 0 spiro atoms. The number of halogens is 2. The molecule has 134 valence electrons. The van der Waals surface area contributed by atoms with Gasteiger partial charge in [-0.25, -0.2) is 4.79 Å². The third-order valence-electron chi connectivity index (χ3n) is 6.64. The Morgan fingerprint density at radius 3 is 2.62 bits per heavy atom. The van der Waals surface area contributed by atoms with Crippen LogP contribution in [0.15, 0.2) is 36.4 Å². The molecular weight excluding hydrogens is 369 g/mol. The molecule has 2 bridgehead atoms. The second-order valence-corrected chi connectivity index (χ2v) is 8.65. The highest BCUT2D eigenvalue weighted by Gasteiger charge is 2.53. The summed E-state index contributed by atoms with van der Waals surface area (Å²) in [6.07, 6.45) is 3.75. The van der Waals surface area contributed by atoms with Crippen LogP contribution in [0, 0.1) is 17.8 Å². The highest BCUT2D eigenvalue weighted by Crippen LogP contribution is 2.63. The molecule has 26 heavy (non-hydrogen) atoms. The molecule has 2 aromatic carbocycles. The van der Waals surface area contributed by atoms with Crippen LogP contribution in [0.25, 0.3) is 0 Å². The van der Waals surface area contributed by atoms with E-state index < -0.39 is 5.97 Å². The van der Waals surface area contributed by atoms with Crippen LogP contribution >= 0.6 is 23.2 Å². The summed E-state index contributed by atoms with van der Waals surface area (Å²) in [4.78, 5) is 11.4. The molecule has 5 atom stereocenters. The molecule has 0 amide bonds. The number of aromatic carboxylic acids is 1. The van der Waals surface area contributed by atoms with E-state index in [1.807, 2.05) is 24.3 Å². The molecule has 3 nitrogen and oxygen atoms in total. The van der Waals surface area contributed by atoms with Gasteiger partial charge in [0.25, 0.3) is 0 Å². The van der Waals surface area contributed by atoms with Crippen LogP contribution in [0.3, 0.4) is 0 Å². The average molecular weight is 388 g/mol. The van der Waals surface area contributed by atoms with Crippen molar-refractivity contribution in [3.05, 3.63) is 63.1 Å². The summed E-state index contributed by atoms with van der Waals surface area (Å²) in [5.41, 5.74) is 3.77. The predicted octanol–water partition coefficient (Wildman–Crippen LogP) is 5.99. The minimum Gasteiger partial charge on any atom is -0.478 e. The lowest BCUT2D eigenvalue weighted by molar-refractivity contribution is 0.0696. The average Bonchev–Trinajstić information content (AvgIpc) is 3.25. The monoisotopic (exact) mass is 387 g/mol. The summed E-state index contributed by atoms with van der Waals surface area (Å²) in [6, 6.07) is 11.6. The third kappa shape index (κ3) is 2.37. The van der Waals surface area contributed by atoms with Crippen LogP contribution in [0.1, 0.15) is 52.7 Å². The van der Waals surface area contributed by atoms with E-state index in [9.17, 15) is 9.90 Å². The first-order valence-electron chi connectivity index (χ1n) is 9.11. The Bertz CT molecular complexity index is 913. The van der Waals surface area contributed by atoms with Crippen molar-refractivity contribution in [3.63, 3.8) is 0 Å². The lowest BCUT2D eigenvalue weighted by atomic mass is 9.68. The van der Waals surface area contributed by atoms with Crippen molar-refractivity contribution in [2.75, 3.05) is 5.32 Å². The number of carboxylic acids is 1. The van der Waals surface area contributed by atoms with Crippen LogP contribution in [0.2, 0.25) is 10.0 Å². The summed E-state index contributed by atoms with van der Waals surface area (Å²) >= 11 is 12.4. The normalized spacial score (nSPS) is 31.2. The Morgan fingerprint density at radius 2 is 1.85 bits per heavy atom. The topological polar surface area (TPSA) is 49.3 Å². The van der Waals surface area contributed by atoms with Crippen molar-refractivity contribution < 1.29 is 9.90 Å². The number of carbonyl (C=O) groups is 1. The van der Waals surface area contributed by atoms with Gasteiger partial charge in [-0.15, -0.1) is 0 Å². The molecule has 5 heteroatoms. The minimum absolute atomic E-state index is 0.188. The van der Waals surface area contributed by atoms with Crippen molar-refractivity contribution in [2.24, 2.45) is 17.8 Å². The summed E-state index contributed by atoms with van der Waals surface area (Å²) in [6.45, 7) is 0. The molecule has 0 radical (unpaired) electrons. The van der Waals surface area contributed by atoms with Gasteiger partial charge in [0.05, 0.1) is 21.7 Å². The van der Waals surface area contributed by atoms with E-state index in [1.165, 1.54) is 24.8 Å². The molecule has 0 saturated heterocycles. The van der Waals surface area contributed by atoms with Gasteiger partial charge in [-0.2, -0.15) is 0 Å². The summed E-state index contributed by atoms with van der Waals surface area (Å²) in [5.74, 6) is 1.36. The zero-order valence-electron chi connectivity index (χ0n) is 14.1. The van der Waals surface area contributed by atoms with E-state index in [4.69, 9.17) is 23.2 Å². The van der Waals surface area contributed by atoms with Crippen molar-refractivity contribution in [1.82, 2.24) is 0 Å². The number of fused-ring (bicyclic) bond motifs is 7. The van der Waals surface area contributed by atoms with Gasteiger partial charge in [0.2, 0.25) is 0 Å². The van der Waals surface area contributed by atoms with E-state index in [0.717, 1.165) is 11.3 Å². The molecule has 2 aromatic rings. The Kier molecular flexibility index (Phi) is 3.74. The Hall–Kier alpha value is -1.71. The maximum absolute atomic E-state index is 11.4. The number of hydrogen-bond acceptors (Lipinski definition) is 2. The van der Waals surface area contributed by atoms with Gasteiger partial charge >= 0.3 is 5.97 Å². The van der Waals surface area contributed by atoms with Crippen LogP contribution in [-0.2, 0) is 0 Å². The van der Waals surface area contributed by atoms with Gasteiger partial charge in [-0.05, 0) is 84.4 Å². The predicted molar refractivity (Wildman–Crippen MR) is 103 cm³/mol. The Labute approximate surface area is 162 Å². The molecule has 3 aliphatic rings. The number of rotatable bonds is 2. The third-order valence-corrected chi connectivity index (χ3v) is 7.38. The zero-order chi connectivity index (χ0) is 18.0. The van der Waals surface area contributed by atoms with Gasteiger partial charge in [0.1, 0.15) is 0 Å². The Morgan fingerprint density at radius 1 is 1.04 bits per heavy atom. The Balaban J connectivity index is 1.63. The van der Waals surface area contributed by atoms with Gasteiger partial charge in [0.15, 0.2) is 0 Å². The molecule has 2 saturated carbocycles. The minimum atomic E-state index is -0.862. The first kappa shape index (κ1) is 16.5. The maximum Gasteiger partial charge on any atom is 0.335 e. The molecular formula is C21H19Cl2NO2. The standard InChI is InChI=1S/C21H19Cl2NO2/c22-15-5-3-12(9-16(15)23)20-19-11-2-1-10(7-11)18(19)14-8-13(21(25)26)4-6-17(14)24-20/h3-6,8-11,18-20,24H,1-2,7H2,(H,25,26)/t10-,11-,18-,19-,20-/m0/s1. The summed E-state index contributed by atoms with van der Waals surface area (Å²) < 4.78 is 0. The molecule has 0 aromatic heterocycles. The van der Waals surface area contributed by atoms with Gasteiger partial charge in [-0.3, -0.25) is 0 Å². The van der Waals surface area contributed by atoms with Crippen LogP contribution in [-0.4, -0.2) is 11.1 Å². The van der Waals surface area contributed by atoms with E-state index in [1.54, 1.807) is 6.07 Å². The quantitative estimate of drug-likeness (QED) is 0.665. The second-order valence-electron chi connectivity index (χ2n) is 7.84. The van der Waals surface area contributed by atoms with Crippen molar-refractivity contribution in [3.8, 4) is 0 Å². The molecule has 1 aliphatic heterocycles. The second kappa shape index (κ2) is 5.90. The summed E-state index contributed by atoms with van der Waals surface area (Å²) in [7, 11) is 0. The first-order chi connectivity index (χ1) is 12.5. The van der Waals surface area contributed by atoms with Crippen LogP contribution in [0.4, 0.5) is 5.69 Å². The fourth-order valence-corrected chi connectivity index (χ4v) is 5.96. The van der Waals surface area contributed by atoms with Gasteiger partial charge < -0.3 is 10.4 Å². The number of benzene rings is 2. The molecule has 2 fully saturated rings. The lowest BCUT2D eigenvalue weighted by Crippen LogP contribution is -2.35. The smallest absolute Gasteiger partial charge is 0.335 e. The van der Waals surface area contributed by atoms with E-state index >= 15 is 0 Å². The van der Waals surface area contributed by atoms with E-state index in [2.05, 4.69) is 11.4 Å². The lowest BCUT2D eigenvalue weighted by Gasteiger charge is -2.43. The number of carboxylic acid groups (broad SMARTS) is 1. The fourth-order valence-electron chi connectivity index (χ4n) is 5.65. The number of hydrogen-bond donors (Lipinski definition) is 2. The van der Waals surface area contributed by atoms with Crippen molar-refractivity contribution in [2.45, 2.75) is 31.2 Å². The number of anilines is 1. The van der Waals surface area contributed by atoms with E-state index in [0.29, 0.717) is 39.3 Å². The molecule has 2 aliphatic carbocycles. The fraction of sp³-hybridized carbons (Fsp3) is 0.381. The van der Waals surface area contributed by atoms with Crippen LogP contribution in [0.5, 0.6) is 0 Å². The SMILES string of the molecule is O=C(O)c1ccc2c(c1)[C@@H]1[C@H]3CC[C@@H](C3)[C@@H]1[C@H](c1ccc(Cl)c(Cl)c1)N2. The maximum atomic E-state index is 11.4. The van der Waals surface area contributed by atoms with Crippen LogP contribution < -0.4 is 5.32 Å². The molecule has 0 unspecified atom stereocenters. The van der Waals surface area contributed by atoms with Crippen molar-refractivity contribution in [1.29, 1.82) is 0 Å². The van der Waals surface area contributed by atoms with Crippen molar-refractivity contribution >= 4 is 34.9 Å². The van der Waals surface area contributed by atoms with E-state index in [-0.39, 0.29) is 6.04 Å². The first-order valence-corrected chi connectivity index (χ1v) is 9.87. The summed E-state index contributed by atoms with van der Waals surface area (Å²) in [5, 5.41) is 14.2. The molecule has 2 N–H and O–H groups in total. The van der Waals surface area contributed by atoms with Gasteiger partial charge in [0, 0.05) is 5.69 Å². The highest BCUT2D eigenvalue weighted by atomic mass is 35.5. The number of nitrogens with one attached hydrogen (secondary N) is 1. The highest BCUT2D eigenvalue weighted by molar-refractivity contribution is 6.42. The zero-order valence-corrected chi connectivity index (χ0v) is 15.6.